The third kappa shape index (κ3) is 3.81. The molecule has 1 saturated heterocycles. The van der Waals surface area contributed by atoms with Crippen LogP contribution in [0.5, 0.6) is 0 Å². The van der Waals surface area contributed by atoms with Crippen LogP contribution >= 0.6 is 11.3 Å². The maximum absolute atomic E-state index is 12.0. The number of thiazole rings is 1. The van der Waals surface area contributed by atoms with Gasteiger partial charge in [-0.1, -0.05) is 11.3 Å². The topological polar surface area (TPSA) is 89.3 Å². The SMILES string of the molecule is CCNc1nc(N)c(C(=O)NCC2CCOCC2)s1. The minimum atomic E-state index is -0.134. The summed E-state index contributed by atoms with van der Waals surface area (Å²) < 4.78 is 5.29. The highest BCUT2D eigenvalue weighted by Crippen LogP contribution is 2.24. The van der Waals surface area contributed by atoms with E-state index in [1.54, 1.807) is 0 Å². The molecule has 0 aromatic carbocycles. The number of ether oxygens (including phenoxy) is 1. The number of carbonyl (C=O) groups is 1. The molecule has 0 unspecified atom stereocenters. The predicted octanol–water partition coefficient (Wildman–Crippen LogP) is 1.31. The smallest absolute Gasteiger partial charge is 0.265 e. The summed E-state index contributed by atoms with van der Waals surface area (Å²) in [5.74, 6) is 0.663. The van der Waals surface area contributed by atoms with Crippen molar-refractivity contribution in [3.8, 4) is 0 Å². The Morgan fingerprint density at radius 3 is 2.95 bits per heavy atom. The van der Waals surface area contributed by atoms with Crippen LogP contribution in [-0.4, -0.2) is 37.2 Å². The van der Waals surface area contributed by atoms with Gasteiger partial charge in [0.1, 0.15) is 10.7 Å². The predicted molar refractivity (Wildman–Crippen MR) is 76.6 cm³/mol. The third-order valence-electron chi connectivity index (χ3n) is 3.08. The molecule has 0 bridgehead atoms. The number of anilines is 2. The van der Waals surface area contributed by atoms with Crippen LogP contribution in [0.25, 0.3) is 0 Å². The number of hydrogen-bond acceptors (Lipinski definition) is 6. The highest BCUT2D eigenvalue weighted by atomic mass is 32.1. The summed E-state index contributed by atoms with van der Waals surface area (Å²) in [6.07, 6.45) is 2.00. The molecule has 0 radical (unpaired) electrons. The van der Waals surface area contributed by atoms with E-state index in [1.165, 1.54) is 11.3 Å². The van der Waals surface area contributed by atoms with Gasteiger partial charge in [-0.3, -0.25) is 4.79 Å². The summed E-state index contributed by atoms with van der Waals surface area (Å²) in [5, 5.41) is 6.68. The maximum atomic E-state index is 12.0. The quantitative estimate of drug-likeness (QED) is 0.758. The molecule has 0 aliphatic carbocycles. The van der Waals surface area contributed by atoms with Crippen molar-refractivity contribution in [1.29, 1.82) is 0 Å². The minimum Gasteiger partial charge on any atom is -0.382 e. The van der Waals surface area contributed by atoms with Crippen molar-refractivity contribution in [3.63, 3.8) is 0 Å². The first-order valence-electron chi connectivity index (χ1n) is 6.56. The van der Waals surface area contributed by atoms with Crippen molar-refractivity contribution in [1.82, 2.24) is 10.3 Å². The molecule has 1 aliphatic heterocycles. The van der Waals surface area contributed by atoms with E-state index in [9.17, 15) is 4.79 Å². The van der Waals surface area contributed by atoms with Gasteiger partial charge in [-0.15, -0.1) is 0 Å². The highest BCUT2D eigenvalue weighted by molar-refractivity contribution is 7.18. The summed E-state index contributed by atoms with van der Waals surface area (Å²) in [4.78, 5) is 16.7. The summed E-state index contributed by atoms with van der Waals surface area (Å²) in [6, 6.07) is 0. The summed E-state index contributed by atoms with van der Waals surface area (Å²) in [5.41, 5.74) is 5.76. The Labute approximate surface area is 116 Å². The number of hydrogen-bond donors (Lipinski definition) is 3. The Morgan fingerprint density at radius 2 is 2.26 bits per heavy atom. The number of nitrogens with two attached hydrogens (primary N) is 1. The molecule has 0 spiro atoms. The lowest BCUT2D eigenvalue weighted by atomic mass is 10.0. The largest absolute Gasteiger partial charge is 0.382 e. The molecule has 4 N–H and O–H groups in total. The van der Waals surface area contributed by atoms with Crippen molar-refractivity contribution >= 4 is 28.2 Å². The Kier molecular flexibility index (Phi) is 4.98. The van der Waals surface area contributed by atoms with E-state index in [0.29, 0.717) is 28.3 Å². The third-order valence-corrected chi connectivity index (χ3v) is 4.11. The highest BCUT2D eigenvalue weighted by Gasteiger charge is 2.18. The van der Waals surface area contributed by atoms with Gasteiger partial charge in [-0.25, -0.2) is 4.98 Å². The van der Waals surface area contributed by atoms with Crippen molar-refractivity contribution in [2.75, 3.05) is 37.4 Å². The number of carbonyl (C=O) groups excluding carboxylic acids is 1. The average Bonchev–Trinajstić information content (AvgIpc) is 2.79. The van der Waals surface area contributed by atoms with Gasteiger partial charge in [0.25, 0.3) is 5.91 Å². The van der Waals surface area contributed by atoms with Gasteiger partial charge in [0.2, 0.25) is 0 Å². The summed E-state index contributed by atoms with van der Waals surface area (Å²) in [6.45, 7) is 4.98. The summed E-state index contributed by atoms with van der Waals surface area (Å²) >= 11 is 1.29. The molecule has 1 fully saturated rings. The van der Waals surface area contributed by atoms with Crippen molar-refractivity contribution in [3.05, 3.63) is 4.88 Å². The zero-order valence-corrected chi connectivity index (χ0v) is 11.9. The van der Waals surface area contributed by atoms with Gasteiger partial charge in [0, 0.05) is 26.3 Å². The number of rotatable bonds is 5. The molecule has 1 amide bonds. The van der Waals surface area contributed by atoms with Gasteiger partial charge in [0.05, 0.1) is 0 Å². The second-order valence-corrected chi connectivity index (χ2v) is 5.53. The second kappa shape index (κ2) is 6.72. The fraction of sp³-hybridized carbons (Fsp3) is 0.667. The van der Waals surface area contributed by atoms with Crippen LogP contribution in [0.15, 0.2) is 0 Å². The molecule has 2 heterocycles. The Hall–Kier alpha value is -1.34. The lowest BCUT2D eigenvalue weighted by Gasteiger charge is -2.21. The normalized spacial score (nSPS) is 16.3. The maximum Gasteiger partial charge on any atom is 0.265 e. The van der Waals surface area contributed by atoms with Gasteiger partial charge < -0.3 is 21.1 Å². The minimum absolute atomic E-state index is 0.134. The second-order valence-electron chi connectivity index (χ2n) is 4.53. The molecule has 2 rings (SSSR count). The molecule has 19 heavy (non-hydrogen) atoms. The lowest BCUT2D eigenvalue weighted by molar-refractivity contribution is 0.0643. The number of nitrogens with zero attached hydrogens (tertiary/aromatic N) is 1. The van der Waals surface area contributed by atoms with Crippen LogP contribution in [0.2, 0.25) is 0 Å². The Bertz CT molecular complexity index is 429. The first-order valence-corrected chi connectivity index (χ1v) is 7.38. The molecule has 7 heteroatoms. The molecule has 6 nitrogen and oxygen atoms in total. The van der Waals surface area contributed by atoms with Gasteiger partial charge in [-0.05, 0) is 25.7 Å². The fourth-order valence-electron chi connectivity index (χ4n) is 1.99. The van der Waals surface area contributed by atoms with E-state index >= 15 is 0 Å². The van der Waals surface area contributed by atoms with E-state index in [1.807, 2.05) is 6.92 Å². The van der Waals surface area contributed by atoms with Crippen LogP contribution in [0.1, 0.15) is 29.4 Å². The van der Waals surface area contributed by atoms with E-state index < -0.39 is 0 Å². The van der Waals surface area contributed by atoms with Crippen molar-refractivity contribution in [2.24, 2.45) is 5.92 Å². The molecule has 0 atom stereocenters. The molecule has 1 aromatic heterocycles. The molecule has 0 saturated carbocycles. The van der Waals surface area contributed by atoms with E-state index in [0.717, 1.165) is 32.6 Å². The van der Waals surface area contributed by atoms with Crippen molar-refractivity contribution < 1.29 is 9.53 Å². The van der Waals surface area contributed by atoms with E-state index in [4.69, 9.17) is 10.5 Å². The Balaban J connectivity index is 1.88. The van der Waals surface area contributed by atoms with Gasteiger partial charge >= 0.3 is 0 Å². The zero-order chi connectivity index (χ0) is 13.7. The van der Waals surface area contributed by atoms with Crippen LogP contribution < -0.4 is 16.4 Å². The Morgan fingerprint density at radius 1 is 1.53 bits per heavy atom. The van der Waals surface area contributed by atoms with E-state index in [2.05, 4.69) is 15.6 Å². The molecular formula is C12H20N4O2S. The molecular weight excluding hydrogens is 264 g/mol. The number of nitrogens with one attached hydrogen (secondary N) is 2. The monoisotopic (exact) mass is 284 g/mol. The van der Waals surface area contributed by atoms with E-state index in [-0.39, 0.29) is 5.91 Å². The van der Waals surface area contributed by atoms with Crippen LogP contribution in [0.4, 0.5) is 10.9 Å². The first kappa shape index (κ1) is 14.1. The van der Waals surface area contributed by atoms with Gasteiger partial charge in [0.15, 0.2) is 5.13 Å². The number of aromatic nitrogens is 1. The molecule has 1 aliphatic rings. The standard InChI is InChI=1S/C12H20N4O2S/c1-2-14-12-16-10(13)9(19-12)11(17)15-7-8-3-5-18-6-4-8/h8H,2-7,13H2,1H3,(H,14,16)(H,15,17). The lowest BCUT2D eigenvalue weighted by Crippen LogP contribution is -2.32. The first-order chi connectivity index (χ1) is 9.20. The van der Waals surface area contributed by atoms with Crippen LogP contribution in [0.3, 0.4) is 0 Å². The van der Waals surface area contributed by atoms with Crippen LogP contribution in [-0.2, 0) is 4.74 Å². The fourth-order valence-corrected chi connectivity index (χ4v) is 2.86. The van der Waals surface area contributed by atoms with Crippen LogP contribution in [0, 0.1) is 5.92 Å². The van der Waals surface area contributed by atoms with Gasteiger partial charge in [-0.2, -0.15) is 0 Å². The molecule has 106 valence electrons. The number of amides is 1. The number of nitrogen functional groups attached to an aromatic ring is 1. The summed E-state index contributed by atoms with van der Waals surface area (Å²) in [7, 11) is 0. The average molecular weight is 284 g/mol. The van der Waals surface area contributed by atoms with Crippen molar-refractivity contribution in [2.45, 2.75) is 19.8 Å². The zero-order valence-electron chi connectivity index (χ0n) is 11.1. The molecule has 1 aromatic rings.